The van der Waals surface area contributed by atoms with Crippen LogP contribution in [0.15, 0.2) is 170 Å². The van der Waals surface area contributed by atoms with Gasteiger partial charge in [-0.3, -0.25) is 14.4 Å². The molecule has 7 atom stereocenters. The van der Waals surface area contributed by atoms with Crippen LogP contribution in [0.5, 0.6) is 40.2 Å². The van der Waals surface area contributed by atoms with E-state index in [2.05, 4.69) is 33.0 Å². The van der Waals surface area contributed by atoms with Crippen molar-refractivity contribution >= 4 is 123 Å². The second-order valence-electron chi connectivity index (χ2n) is 27.0. The van der Waals surface area contributed by atoms with Gasteiger partial charge in [0.2, 0.25) is 0 Å². The Hall–Kier alpha value is -11.3. The number of nitrogens with zero attached hydrogens (tertiary/aromatic N) is 5. The smallest absolute Gasteiger partial charge is 0.328 e. The molecule has 0 aliphatic carbocycles. The van der Waals surface area contributed by atoms with Crippen LogP contribution in [0.4, 0.5) is 0 Å². The summed E-state index contributed by atoms with van der Waals surface area (Å²) in [6, 6.07) is 49.7. The molecule has 4 aliphatic rings. The number of ether oxygens (including phenoxy) is 10. The van der Waals surface area contributed by atoms with Crippen LogP contribution in [0.3, 0.4) is 0 Å². The number of carboxylic acid groups (broad SMARTS) is 1. The molecule has 4 aliphatic heterocycles. The maximum atomic E-state index is 12.8. The number of hydrogen-bond acceptors (Lipinski definition) is 21. The molecule has 12 rings (SSSR count). The Labute approximate surface area is 716 Å². The van der Waals surface area contributed by atoms with Gasteiger partial charge >= 0.3 is 17.9 Å². The molecule has 0 spiro atoms. The number of amides is 3. The molecule has 2 fully saturated rings. The Kier molecular flexibility index (Phi) is 33.6. The van der Waals surface area contributed by atoms with Crippen molar-refractivity contribution in [1.82, 2.24) is 30.7 Å². The number of carboxylic acids is 1. The van der Waals surface area contributed by atoms with E-state index >= 15 is 0 Å². The predicted octanol–water partition coefficient (Wildman–Crippen LogP) is 14.4. The third kappa shape index (κ3) is 23.5. The summed E-state index contributed by atoms with van der Waals surface area (Å²) in [5.74, 6) is 0.274. The number of carbonyl (C=O) groups excluding carboxylic acids is 5. The third-order valence-electron chi connectivity index (χ3n) is 19.6. The summed E-state index contributed by atoms with van der Waals surface area (Å²) in [6.07, 6.45) is 3.49. The molecule has 0 saturated carbocycles. The third-order valence-corrected chi connectivity index (χ3v) is 21.5. The Bertz CT molecular complexity index is 5020. The number of benzene rings is 8. The van der Waals surface area contributed by atoms with Crippen LogP contribution in [0.25, 0.3) is 0 Å². The zero-order chi connectivity index (χ0) is 83.8. The molecule has 2 saturated heterocycles. The number of esters is 2. The van der Waals surface area contributed by atoms with Crippen molar-refractivity contribution < 1.29 is 81.2 Å². The number of fused-ring (bicyclic) bond motifs is 4. The normalized spacial score (nSPS) is 15.9. The maximum absolute atomic E-state index is 12.8. The summed E-state index contributed by atoms with van der Waals surface area (Å²) in [5, 5.41) is 38.5. The second-order valence-corrected chi connectivity index (χ2v) is 29.2. The van der Waals surface area contributed by atoms with Crippen LogP contribution in [0.2, 0.25) is 15.1 Å². The maximum Gasteiger partial charge on any atom is 0.328 e. The van der Waals surface area contributed by atoms with Gasteiger partial charge < -0.3 is 83.1 Å². The number of aliphatic carboxylic acids is 1. The first-order chi connectivity index (χ1) is 56.5. The molecule has 618 valence electrons. The SMILES string of the molecule is C.CCOC(=O)[C@H](Cc1ccc(OC(=S)N2CC3CC2CO3)cc1)NC(=O)c1ccccc1Cl.CCOC(=O)[C@H](Cc1ccc(OC(=S)N2CCc3cc(OC)c(OC)cc3C2CC#N)cc1)NC(=O)c1ccccc1Cl.COc1cc2c(cc1OC)C(CC#N)N(C(=S)Oc1ccc(C[C@H](NC(=O)c3ccccc3Cl)C(=O)O)cc1)CC2. The molecule has 4 heterocycles. The van der Waals surface area contributed by atoms with Gasteiger partial charge in [0.1, 0.15) is 35.4 Å². The minimum absolute atomic E-state index is 0. The summed E-state index contributed by atoms with van der Waals surface area (Å²) < 4.78 is 55.7. The summed E-state index contributed by atoms with van der Waals surface area (Å²) in [5.41, 5.74) is 7.03. The highest BCUT2D eigenvalue weighted by atomic mass is 35.5. The van der Waals surface area contributed by atoms with E-state index in [0.717, 1.165) is 46.3 Å². The number of nitriles is 2. The molecule has 4 unspecified atom stereocenters. The van der Waals surface area contributed by atoms with Gasteiger partial charge in [-0.2, -0.15) is 10.5 Å². The lowest BCUT2D eigenvalue weighted by Gasteiger charge is -2.37. The van der Waals surface area contributed by atoms with E-state index < -0.39 is 53.8 Å². The number of rotatable bonds is 26. The number of thiocarbonyl (C=S) groups is 3. The lowest BCUT2D eigenvalue weighted by atomic mass is 9.90. The van der Waals surface area contributed by atoms with Gasteiger partial charge in [-0.1, -0.05) is 115 Å². The first kappa shape index (κ1) is 90.6. The highest BCUT2D eigenvalue weighted by Gasteiger charge is 2.41. The van der Waals surface area contributed by atoms with Gasteiger partial charge in [0.25, 0.3) is 33.2 Å². The van der Waals surface area contributed by atoms with Crippen molar-refractivity contribution in [3.63, 3.8) is 0 Å². The number of halogens is 3. The zero-order valence-corrected chi connectivity index (χ0v) is 69.4. The molecule has 3 amide bonds. The van der Waals surface area contributed by atoms with Crippen LogP contribution in [-0.4, -0.2) is 169 Å². The lowest BCUT2D eigenvalue weighted by molar-refractivity contribution is -0.146. The molecule has 0 radical (unpaired) electrons. The summed E-state index contributed by atoms with van der Waals surface area (Å²) in [7, 11) is 6.31. The van der Waals surface area contributed by atoms with Crippen LogP contribution in [-0.2, 0) is 60.7 Å². The van der Waals surface area contributed by atoms with Crippen molar-refractivity contribution in [2.75, 3.05) is 67.9 Å². The summed E-state index contributed by atoms with van der Waals surface area (Å²) in [4.78, 5) is 81.0. The fraction of sp³-hybridized carbons (Fsp3) is 0.322. The monoisotopic (exact) mass is 1720 g/mol. The molecule has 118 heavy (non-hydrogen) atoms. The van der Waals surface area contributed by atoms with E-state index in [1.165, 1.54) is 6.07 Å². The molecule has 31 heteroatoms. The van der Waals surface area contributed by atoms with Gasteiger partial charge in [-0.15, -0.1) is 0 Å². The molecule has 25 nitrogen and oxygen atoms in total. The van der Waals surface area contributed by atoms with Crippen LogP contribution >= 0.6 is 71.5 Å². The number of likely N-dealkylation sites (tertiary alicyclic amines) is 1. The minimum Gasteiger partial charge on any atom is -0.493 e. The fourth-order valence-corrected chi connectivity index (χ4v) is 15.3. The van der Waals surface area contributed by atoms with Gasteiger partial charge in [0.05, 0.1) is 129 Å². The largest absolute Gasteiger partial charge is 0.493 e. The van der Waals surface area contributed by atoms with E-state index in [0.29, 0.717) is 94.1 Å². The van der Waals surface area contributed by atoms with Crippen molar-refractivity contribution in [1.29, 1.82) is 10.5 Å². The number of morpholine rings is 1. The van der Waals surface area contributed by atoms with Gasteiger partial charge in [-0.05, 0) is 206 Å². The zero-order valence-electron chi connectivity index (χ0n) is 64.7. The average Bonchev–Trinajstić information content (AvgIpc) is 1.06. The first-order valence-corrected chi connectivity index (χ1v) is 39.6. The highest BCUT2D eigenvalue weighted by Crippen LogP contribution is 2.42. The molecule has 2 bridgehead atoms. The quantitative estimate of drug-likeness (QED) is 0.0289. The minimum atomic E-state index is -1.17. The van der Waals surface area contributed by atoms with E-state index in [1.807, 2.05) is 46.2 Å². The molecule has 0 aromatic heterocycles. The van der Waals surface area contributed by atoms with Crippen LogP contribution < -0.4 is 49.1 Å². The number of methoxy groups -OCH3 is 4. The van der Waals surface area contributed by atoms with Crippen molar-refractivity contribution in [3.05, 3.63) is 241 Å². The molecule has 8 aromatic carbocycles. The van der Waals surface area contributed by atoms with Crippen LogP contribution in [0, 0.1) is 22.7 Å². The summed E-state index contributed by atoms with van der Waals surface area (Å²) >= 11 is 35.1. The van der Waals surface area contributed by atoms with E-state index in [-0.39, 0.29) is 108 Å². The van der Waals surface area contributed by atoms with Gasteiger partial charge in [0.15, 0.2) is 23.0 Å². The van der Waals surface area contributed by atoms with E-state index in [1.54, 1.807) is 170 Å². The van der Waals surface area contributed by atoms with Crippen molar-refractivity contribution in [2.45, 2.75) is 115 Å². The molecule has 8 aromatic rings. The van der Waals surface area contributed by atoms with Gasteiger partial charge in [0, 0.05) is 38.9 Å². The Morgan fingerprint density at radius 3 is 1.14 bits per heavy atom. The molecular formula is C87H89Cl3N8O17S3. The summed E-state index contributed by atoms with van der Waals surface area (Å²) in [6.45, 7) is 6.37. The van der Waals surface area contributed by atoms with E-state index in [9.17, 15) is 44.4 Å². The Balaban J connectivity index is 0.000000203. The number of nitrogens with one attached hydrogen (secondary N) is 3. The molecule has 4 N–H and O–H groups in total. The fourth-order valence-electron chi connectivity index (χ4n) is 13.7. The topological polar surface area (TPSA) is 308 Å². The molecular weight excluding hydrogens is 1630 g/mol. The van der Waals surface area contributed by atoms with Crippen LogP contribution in [0.1, 0.15) is 123 Å². The van der Waals surface area contributed by atoms with Gasteiger partial charge in [-0.25, -0.2) is 14.4 Å². The second kappa shape index (κ2) is 43.7. The lowest BCUT2D eigenvalue weighted by Crippen LogP contribution is -2.43. The number of carbonyl (C=O) groups is 6. The van der Waals surface area contributed by atoms with Crippen molar-refractivity contribution in [3.8, 4) is 52.4 Å². The van der Waals surface area contributed by atoms with Crippen molar-refractivity contribution in [2.24, 2.45) is 0 Å². The number of hydrogen-bond donors (Lipinski definition) is 4. The first-order valence-electron chi connectivity index (χ1n) is 37.3. The Morgan fingerprint density at radius 2 is 0.831 bits per heavy atom. The Morgan fingerprint density at radius 1 is 0.500 bits per heavy atom. The highest BCUT2D eigenvalue weighted by molar-refractivity contribution is 7.80. The predicted molar refractivity (Wildman–Crippen MR) is 457 cm³/mol. The van der Waals surface area contributed by atoms with E-state index in [4.69, 9.17) is 119 Å². The average molecular weight is 1720 g/mol. The standard InChI is InChI=1S/C32H32ClN3O6S.C30H28ClN3O6S.C24H25ClN2O5S.CH4/c1-4-41-31(38)26(35-30(37)23-7-5-6-8-25(23)33)17-20-9-11-22(12-10-20)42-32(43)36-16-14-21-18-28(39-2)29(40-3)19-24(21)27(36)13-15-34;1-38-26-16-19-12-14-34(25(11-13-32)22(19)17-27(26)39-2)30(41)40-20-9-7-18(8-10-20)15-24(29(36)37)33-28(35)21-5-3-4-6-23(21)31;1-2-30-23(29)21(26-22(28)19-5-3-4-6-20(19)25)11-15-7-9-17(10-8-15)32-24(33)27-13-18-12-16(27)14-31-18;/h5-12,18-19,26-27H,4,13-14,16-17H2,1-3H3,(H,35,37);3-10,16-17,24-25H,11-12,14-15H2,1-2H3,(H,33,35)(H,36,37);3-10,16,18,21H,2,11-14H2,1H3,(H,26,28);1H4/t26-,27?;24-,25?;16?,18?,21-;/m000./s1.